The van der Waals surface area contributed by atoms with Crippen LogP contribution in [0.4, 0.5) is 0 Å². The molecule has 0 amide bonds. The van der Waals surface area contributed by atoms with Crippen molar-refractivity contribution in [3.8, 4) is 28.0 Å². The molecule has 0 heterocycles. The molecule has 3 aromatic rings. The molecule has 3 nitrogen and oxygen atoms in total. The highest BCUT2D eigenvalue weighted by Gasteiger charge is 2.14. The fourth-order valence-electron chi connectivity index (χ4n) is 3.12. The Hall–Kier alpha value is -3.07. The number of hydrogen-bond donors (Lipinski definition) is 2. The first-order valence-electron chi connectivity index (χ1n) is 8.42. The molecular formula is C22H21NO2. The highest BCUT2D eigenvalue weighted by molar-refractivity contribution is 5.97. The summed E-state index contributed by atoms with van der Waals surface area (Å²) in [5.74, 6) is 0.242. The molecule has 3 rings (SSSR count). The average Bonchev–Trinajstić information content (AvgIpc) is 2.63. The summed E-state index contributed by atoms with van der Waals surface area (Å²) in [6.45, 7) is 2.14. The molecule has 0 radical (unpaired) electrons. The van der Waals surface area contributed by atoms with Gasteiger partial charge in [-0.1, -0.05) is 67.0 Å². The van der Waals surface area contributed by atoms with Gasteiger partial charge in [0.25, 0.3) is 0 Å². The lowest BCUT2D eigenvalue weighted by molar-refractivity contribution is 0.322. The number of aryl methyl sites for hydroxylation is 1. The number of nitrogens with zero attached hydrogens (tertiary/aromatic N) is 1. The van der Waals surface area contributed by atoms with Crippen molar-refractivity contribution in [2.45, 2.75) is 19.8 Å². The number of hydrogen-bond acceptors (Lipinski definition) is 3. The fraction of sp³-hybridized carbons (Fsp3) is 0.136. The monoisotopic (exact) mass is 331 g/mol. The van der Waals surface area contributed by atoms with Crippen molar-refractivity contribution in [2.24, 2.45) is 5.16 Å². The van der Waals surface area contributed by atoms with E-state index in [0.29, 0.717) is 0 Å². The van der Waals surface area contributed by atoms with Crippen LogP contribution in [-0.2, 0) is 6.42 Å². The first-order valence-corrected chi connectivity index (χ1v) is 8.42. The Balaban J connectivity index is 2.30. The molecule has 0 atom stereocenters. The van der Waals surface area contributed by atoms with Gasteiger partial charge < -0.3 is 10.3 Å². The molecule has 25 heavy (non-hydrogen) atoms. The second-order valence-corrected chi connectivity index (χ2v) is 6.02. The summed E-state index contributed by atoms with van der Waals surface area (Å²) >= 11 is 0. The van der Waals surface area contributed by atoms with Crippen LogP contribution in [0.15, 0.2) is 71.9 Å². The van der Waals surface area contributed by atoms with Gasteiger partial charge >= 0.3 is 0 Å². The lowest BCUT2D eigenvalue weighted by Crippen LogP contribution is -1.97. The Labute approximate surface area is 147 Å². The van der Waals surface area contributed by atoms with Crippen molar-refractivity contribution in [2.75, 3.05) is 0 Å². The summed E-state index contributed by atoms with van der Waals surface area (Å²) in [6.07, 6.45) is 3.48. The predicted octanol–water partition coefficient (Wildman–Crippen LogP) is 5.49. The summed E-state index contributed by atoms with van der Waals surface area (Å²) in [5, 5.41) is 22.0. The number of rotatable bonds is 5. The van der Waals surface area contributed by atoms with E-state index in [1.54, 1.807) is 12.1 Å². The molecule has 0 saturated heterocycles. The van der Waals surface area contributed by atoms with Gasteiger partial charge in [-0.3, -0.25) is 0 Å². The second-order valence-electron chi connectivity index (χ2n) is 6.02. The SMILES string of the molecule is CCCc1cc(/C=N\O)c(-c2ccccc2)c(-c2ccc(O)cc2)c1. The van der Waals surface area contributed by atoms with Crippen molar-refractivity contribution in [3.05, 3.63) is 77.9 Å². The van der Waals surface area contributed by atoms with Gasteiger partial charge in [-0.15, -0.1) is 0 Å². The number of phenols is 1. The smallest absolute Gasteiger partial charge is 0.115 e. The summed E-state index contributed by atoms with van der Waals surface area (Å²) in [4.78, 5) is 0. The Morgan fingerprint density at radius 3 is 2.28 bits per heavy atom. The summed E-state index contributed by atoms with van der Waals surface area (Å²) in [7, 11) is 0. The predicted molar refractivity (Wildman–Crippen MR) is 102 cm³/mol. The summed E-state index contributed by atoms with van der Waals surface area (Å²) in [5.41, 5.74) is 6.23. The molecule has 0 aliphatic heterocycles. The van der Waals surface area contributed by atoms with Gasteiger partial charge in [-0.25, -0.2) is 0 Å². The lowest BCUT2D eigenvalue weighted by Gasteiger charge is -2.16. The van der Waals surface area contributed by atoms with Crippen molar-refractivity contribution < 1.29 is 10.3 Å². The molecule has 0 aromatic heterocycles. The van der Waals surface area contributed by atoms with Gasteiger partial charge in [0.05, 0.1) is 6.21 Å². The Morgan fingerprint density at radius 1 is 0.920 bits per heavy atom. The van der Waals surface area contributed by atoms with E-state index in [1.165, 1.54) is 11.8 Å². The minimum Gasteiger partial charge on any atom is -0.508 e. The van der Waals surface area contributed by atoms with E-state index in [1.807, 2.05) is 42.5 Å². The molecule has 0 unspecified atom stereocenters. The van der Waals surface area contributed by atoms with Crippen LogP contribution in [0.2, 0.25) is 0 Å². The van der Waals surface area contributed by atoms with Gasteiger partial charge in [0.2, 0.25) is 0 Å². The minimum atomic E-state index is 0.242. The maximum atomic E-state index is 9.61. The fourth-order valence-corrected chi connectivity index (χ4v) is 3.12. The van der Waals surface area contributed by atoms with Crippen molar-refractivity contribution in [1.29, 1.82) is 0 Å². The van der Waals surface area contributed by atoms with Crippen LogP contribution >= 0.6 is 0 Å². The van der Waals surface area contributed by atoms with Gasteiger partial charge in [0, 0.05) is 5.56 Å². The van der Waals surface area contributed by atoms with Crippen molar-refractivity contribution in [3.63, 3.8) is 0 Å². The maximum absolute atomic E-state index is 9.61. The zero-order valence-electron chi connectivity index (χ0n) is 14.2. The van der Waals surface area contributed by atoms with E-state index < -0.39 is 0 Å². The summed E-state index contributed by atoms with van der Waals surface area (Å²) < 4.78 is 0. The van der Waals surface area contributed by atoms with E-state index in [4.69, 9.17) is 5.21 Å². The molecule has 0 aliphatic rings. The molecular weight excluding hydrogens is 310 g/mol. The first kappa shape index (κ1) is 16.8. The van der Waals surface area contributed by atoms with Gasteiger partial charge in [0.15, 0.2) is 0 Å². The normalized spacial score (nSPS) is 11.1. The third-order valence-electron chi connectivity index (χ3n) is 4.20. The average molecular weight is 331 g/mol. The molecule has 0 saturated carbocycles. The molecule has 0 aliphatic carbocycles. The highest BCUT2D eigenvalue weighted by atomic mass is 16.4. The van der Waals surface area contributed by atoms with Crippen LogP contribution in [0.3, 0.4) is 0 Å². The van der Waals surface area contributed by atoms with Crippen molar-refractivity contribution in [1.82, 2.24) is 0 Å². The Kier molecular flexibility index (Phi) is 5.14. The summed E-state index contributed by atoms with van der Waals surface area (Å²) in [6, 6.07) is 21.5. The van der Waals surface area contributed by atoms with Crippen molar-refractivity contribution >= 4 is 6.21 Å². The van der Waals surface area contributed by atoms with E-state index in [0.717, 1.165) is 40.7 Å². The molecule has 0 bridgehead atoms. The number of benzene rings is 3. The van der Waals surface area contributed by atoms with E-state index in [9.17, 15) is 5.11 Å². The molecule has 3 heteroatoms. The number of phenolic OH excluding ortho intramolecular Hbond substituents is 1. The third kappa shape index (κ3) is 3.72. The van der Waals surface area contributed by atoms with E-state index in [2.05, 4.69) is 24.2 Å². The quantitative estimate of drug-likeness (QED) is 0.369. The standard InChI is InChI=1S/C22H21NO2/c1-2-6-16-13-19(15-23-25)22(18-7-4-3-5-8-18)21(14-16)17-9-11-20(24)12-10-17/h3-5,7-15,24-25H,2,6H2,1H3/b23-15-. The molecule has 2 N–H and O–H groups in total. The van der Waals surface area contributed by atoms with Gasteiger partial charge in [-0.05, 0) is 52.4 Å². The first-order chi connectivity index (χ1) is 12.2. The minimum absolute atomic E-state index is 0.242. The molecule has 0 spiro atoms. The molecule has 3 aromatic carbocycles. The van der Waals surface area contributed by atoms with Crippen LogP contribution in [0.25, 0.3) is 22.3 Å². The topological polar surface area (TPSA) is 52.8 Å². The number of aromatic hydroxyl groups is 1. The van der Waals surface area contributed by atoms with Crippen LogP contribution < -0.4 is 0 Å². The number of oxime groups is 1. The molecule has 0 fully saturated rings. The van der Waals surface area contributed by atoms with Gasteiger partial charge in [0.1, 0.15) is 5.75 Å². The van der Waals surface area contributed by atoms with Crippen LogP contribution in [-0.4, -0.2) is 16.5 Å². The Morgan fingerprint density at radius 2 is 1.64 bits per heavy atom. The lowest BCUT2D eigenvalue weighted by atomic mass is 9.88. The van der Waals surface area contributed by atoms with Crippen LogP contribution in [0.5, 0.6) is 5.75 Å². The zero-order chi connectivity index (χ0) is 17.6. The van der Waals surface area contributed by atoms with Crippen LogP contribution in [0, 0.1) is 0 Å². The Bertz CT molecular complexity index is 869. The van der Waals surface area contributed by atoms with E-state index >= 15 is 0 Å². The second kappa shape index (κ2) is 7.67. The highest BCUT2D eigenvalue weighted by Crippen LogP contribution is 2.36. The van der Waals surface area contributed by atoms with Gasteiger partial charge in [-0.2, -0.15) is 0 Å². The van der Waals surface area contributed by atoms with Crippen LogP contribution in [0.1, 0.15) is 24.5 Å². The maximum Gasteiger partial charge on any atom is 0.115 e. The molecule has 126 valence electrons. The third-order valence-corrected chi connectivity index (χ3v) is 4.20. The van der Waals surface area contributed by atoms with E-state index in [-0.39, 0.29) is 5.75 Å². The zero-order valence-corrected chi connectivity index (χ0v) is 14.2. The largest absolute Gasteiger partial charge is 0.508 e.